The van der Waals surface area contributed by atoms with Crippen molar-refractivity contribution >= 4 is 50.5 Å². The van der Waals surface area contributed by atoms with Crippen molar-refractivity contribution in [2.45, 2.75) is 20.0 Å². The Hall–Kier alpha value is -2.83. The first-order valence-electron chi connectivity index (χ1n) is 9.95. The van der Waals surface area contributed by atoms with Gasteiger partial charge in [-0.25, -0.2) is 4.99 Å². The molecule has 0 saturated carbocycles. The number of nitrogens with zero attached hydrogens (tertiary/aromatic N) is 1. The average Bonchev–Trinajstić information content (AvgIpc) is 3.13. The van der Waals surface area contributed by atoms with Crippen LogP contribution >= 0.6 is 27.7 Å². The lowest BCUT2D eigenvalue weighted by molar-refractivity contribution is -0.115. The number of benzene rings is 3. The minimum Gasteiger partial charge on any atom is -0.488 e. The second-order valence-electron chi connectivity index (χ2n) is 6.96. The summed E-state index contributed by atoms with van der Waals surface area (Å²) < 4.78 is 6.95. The van der Waals surface area contributed by atoms with Crippen molar-refractivity contribution < 1.29 is 9.53 Å². The maximum atomic E-state index is 12.5. The van der Waals surface area contributed by atoms with Crippen molar-refractivity contribution in [2.24, 2.45) is 4.99 Å². The van der Waals surface area contributed by atoms with Gasteiger partial charge in [0.15, 0.2) is 5.17 Å². The van der Waals surface area contributed by atoms with Crippen LogP contribution < -0.4 is 10.1 Å². The first-order valence-corrected chi connectivity index (χ1v) is 11.6. The van der Waals surface area contributed by atoms with Crippen LogP contribution in [0.25, 0.3) is 6.08 Å². The van der Waals surface area contributed by atoms with E-state index in [2.05, 4.69) is 45.3 Å². The van der Waals surface area contributed by atoms with Crippen LogP contribution in [-0.2, 0) is 17.8 Å². The molecule has 4 rings (SSSR count). The largest absolute Gasteiger partial charge is 0.488 e. The van der Waals surface area contributed by atoms with Gasteiger partial charge in [0, 0.05) is 10.0 Å². The maximum Gasteiger partial charge on any atom is 0.264 e. The molecule has 1 aliphatic heterocycles. The lowest BCUT2D eigenvalue weighted by Gasteiger charge is -2.10. The van der Waals surface area contributed by atoms with E-state index >= 15 is 0 Å². The molecule has 1 N–H and O–H groups in total. The molecule has 0 radical (unpaired) electrons. The van der Waals surface area contributed by atoms with Crippen molar-refractivity contribution in [3.8, 4) is 5.75 Å². The predicted molar refractivity (Wildman–Crippen MR) is 132 cm³/mol. The number of carbonyl (C=O) groups excluding carboxylic acids is 1. The number of aryl methyl sites for hydroxylation is 1. The summed E-state index contributed by atoms with van der Waals surface area (Å²) in [5, 5.41) is 3.42. The fourth-order valence-corrected chi connectivity index (χ4v) is 4.26. The molecule has 0 unspecified atom stereocenters. The van der Waals surface area contributed by atoms with Gasteiger partial charge in [0.05, 0.1) is 10.6 Å². The van der Waals surface area contributed by atoms with Gasteiger partial charge in [0.1, 0.15) is 12.4 Å². The monoisotopic (exact) mass is 492 g/mol. The molecular weight excluding hydrogens is 472 g/mol. The molecule has 6 heteroatoms. The Bertz CT molecular complexity index is 1140. The van der Waals surface area contributed by atoms with Gasteiger partial charge in [-0.05, 0) is 65.7 Å². The van der Waals surface area contributed by atoms with E-state index in [1.54, 1.807) is 0 Å². The summed E-state index contributed by atoms with van der Waals surface area (Å²) >= 11 is 4.84. The second-order valence-corrected chi connectivity index (χ2v) is 8.90. The Kier molecular flexibility index (Phi) is 6.89. The van der Waals surface area contributed by atoms with Crippen LogP contribution in [0.4, 0.5) is 5.69 Å². The molecule has 0 spiro atoms. The molecule has 0 aromatic heterocycles. The number of hydrogen-bond donors (Lipinski definition) is 1. The van der Waals surface area contributed by atoms with Crippen molar-refractivity contribution in [2.75, 3.05) is 0 Å². The number of amides is 1. The van der Waals surface area contributed by atoms with Crippen LogP contribution in [0, 0.1) is 0 Å². The molecule has 4 nitrogen and oxygen atoms in total. The number of aliphatic imine (C=N–C) groups is 1. The molecule has 156 valence electrons. The molecule has 0 atom stereocenters. The van der Waals surface area contributed by atoms with E-state index in [-0.39, 0.29) is 5.91 Å². The van der Waals surface area contributed by atoms with Gasteiger partial charge in [-0.15, -0.1) is 0 Å². The standard InChI is InChI=1S/C25H21BrN2O2S/c1-2-17-8-11-21(12-9-17)27-25-28-24(29)23(31-25)15-19-14-20(26)10-13-22(19)30-16-18-6-4-3-5-7-18/h3-15H,2,16H2,1H3,(H,27,28,29)/b23-15-. The highest BCUT2D eigenvalue weighted by Gasteiger charge is 2.24. The van der Waals surface area contributed by atoms with Crippen LogP contribution in [0.1, 0.15) is 23.6 Å². The fraction of sp³-hybridized carbons (Fsp3) is 0.120. The fourth-order valence-electron chi connectivity index (χ4n) is 3.04. The van der Waals surface area contributed by atoms with Crippen molar-refractivity contribution in [3.05, 3.63) is 98.9 Å². The van der Waals surface area contributed by atoms with Crippen LogP contribution in [0.3, 0.4) is 0 Å². The van der Waals surface area contributed by atoms with Crippen molar-refractivity contribution in [1.29, 1.82) is 0 Å². The zero-order chi connectivity index (χ0) is 21.6. The molecule has 3 aromatic rings. The number of halogens is 1. The van der Waals surface area contributed by atoms with E-state index in [0.29, 0.717) is 22.4 Å². The SMILES string of the molecule is CCc1ccc(N=C2NC(=O)/C(=C/c3cc(Br)ccc3OCc3ccccc3)S2)cc1. The van der Waals surface area contributed by atoms with E-state index in [0.717, 1.165) is 27.7 Å². The number of nitrogens with one attached hydrogen (secondary N) is 1. The molecule has 1 heterocycles. The molecule has 1 saturated heterocycles. The lowest BCUT2D eigenvalue weighted by atomic mass is 10.1. The molecule has 1 amide bonds. The summed E-state index contributed by atoms with van der Waals surface area (Å²) in [6.07, 6.45) is 2.82. The zero-order valence-corrected chi connectivity index (χ0v) is 19.4. The molecule has 31 heavy (non-hydrogen) atoms. The Balaban J connectivity index is 1.54. The normalized spacial score (nSPS) is 16.0. The maximum absolute atomic E-state index is 12.5. The first kappa shape index (κ1) is 21.4. The molecule has 1 aliphatic rings. The third-order valence-corrected chi connectivity index (χ3v) is 6.12. The van der Waals surface area contributed by atoms with Gasteiger partial charge in [-0.1, -0.05) is 65.3 Å². The van der Waals surface area contributed by atoms with E-state index in [1.807, 2.05) is 66.7 Å². The topological polar surface area (TPSA) is 50.7 Å². The summed E-state index contributed by atoms with van der Waals surface area (Å²) in [4.78, 5) is 17.7. The number of thioether (sulfide) groups is 1. The average molecular weight is 493 g/mol. The summed E-state index contributed by atoms with van der Waals surface area (Å²) in [5.74, 6) is 0.552. The van der Waals surface area contributed by atoms with Crippen molar-refractivity contribution in [1.82, 2.24) is 5.32 Å². The number of hydrogen-bond acceptors (Lipinski definition) is 4. The Morgan fingerprint density at radius 1 is 1.03 bits per heavy atom. The van der Waals surface area contributed by atoms with Crippen LogP contribution in [0.5, 0.6) is 5.75 Å². The van der Waals surface area contributed by atoms with Crippen molar-refractivity contribution in [3.63, 3.8) is 0 Å². The van der Waals surface area contributed by atoms with Gasteiger partial charge in [0.25, 0.3) is 5.91 Å². The number of rotatable bonds is 6. The molecule has 0 aliphatic carbocycles. The number of ether oxygens (including phenoxy) is 1. The van der Waals surface area contributed by atoms with E-state index in [4.69, 9.17) is 4.74 Å². The highest BCUT2D eigenvalue weighted by molar-refractivity contribution is 9.10. The quantitative estimate of drug-likeness (QED) is 0.400. The second kappa shape index (κ2) is 9.98. The summed E-state index contributed by atoms with van der Waals surface area (Å²) in [6.45, 7) is 2.57. The van der Waals surface area contributed by atoms with Crippen LogP contribution in [-0.4, -0.2) is 11.1 Å². The minimum absolute atomic E-state index is 0.164. The van der Waals surface area contributed by atoms with Gasteiger partial charge in [-0.3, -0.25) is 4.79 Å². The number of amidine groups is 1. The predicted octanol–water partition coefficient (Wildman–Crippen LogP) is 6.48. The van der Waals surface area contributed by atoms with Gasteiger partial charge >= 0.3 is 0 Å². The van der Waals surface area contributed by atoms with Gasteiger partial charge in [0.2, 0.25) is 0 Å². The Labute approximate surface area is 194 Å². The van der Waals surface area contributed by atoms with Gasteiger partial charge in [-0.2, -0.15) is 0 Å². The van der Waals surface area contributed by atoms with Crippen LogP contribution in [0.2, 0.25) is 0 Å². The molecule has 3 aromatic carbocycles. The van der Waals surface area contributed by atoms with Gasteiger partial charge < -0.3 is 10.1 Å². The van der Waals surface area contributed by atoms with Crippen LogP contribution in [0.15, 0.2) is 87.2 Å². The summed E-state index contributed by atoms with van der Waals surface area (Å²) in [7, 11) is 0. The number of carbonyl (C=O) groups is 1. The Morgan fingerprint density at radius 3 is 2.55 bits per heavy atom. The smallest absolute Gasteiger partial charge is 0.264 e. The lowest BCUT2D eigenvalue weighted by Crippen LogP contribution is -2.19. The summed E-state index contributed by atoms with van der Waals surface area (Å²) in [5.41, 5.74) is 3.98. The Morgan fingerprint density at radius 2 is 1.81 bits per heavy atom. The highest BCUT2D eigenvalue weighted by atomic mass is 79.9. The third-order valence-electron chi connectivity index (χ3n) is 4.72. The first-order chi connectivity index (χ1) is 15.1. The minimum atomic E-state index is -0.164. The van der Waals surface area contributed by atoms with E-state index in [1.165, 1.54) is 17.3 Å². The zero-order valence-electron chi connectivity index (χ0n) is 17.0. The summed E-state index contributed by atoms with van der Waals surface area (Å²) in [6, 6.07) is 23.8. The van der Waals surface area contributed by atoms with E-state index in [9.17, 15) is 4.79 Å². The third kappa shape index (κ3) is 5.66. The van der Waals surface area contributed by atoms with E-state index < -0.39 is 0 Å². The molecule has 1 fully saturated rings. The molecular formula is C25H21BrN2O2S. The molecule has 0 bridgehead atoms. The highest BCUT2D eigenvalue weighted by Crippen LogP contribution is 2.32.